The molecule has 0 saturated carbocycles. The highest BCUT2D eigenvalue weighted by Gasteiger charge is 2.26. The van der Waals surface area contributed by atoms with E-state index >= 15 is 0 Å². The number of halogens is 1. The summed E-state index contributed by atoms with van der Waals surface area (Å²) in [6.45, 7) is 11.6. The van der Waals surface area contributed by atoms with Crippen LogP contribution in [0.5, 0.6) is 0 Å². The quantitative estimate of drug-likeness (QED) is 0.334. The number of nitrogens with one attached hydrogen (secondary N) is 3. The Labute approximate surface area is 145 Å². The Hall–Kier alpha value is -0.570. The summed E-state index contributed by atoms with van der Waals surface area (Å²) >= 11 is 0. The fourth-order valence-corrected chi connectivity index (χ4v) is 1.40. The molecule has 0 aromatic heterocycles. The largest absolute Gasteiger partial charge is 0.377 e. The summed E-state index contributed by atoms with van der Waals surface area (Å²) < 4.78 is 5.34. The number of ether oxygens (including phenoxy) is 1. The van der Waals surface area contributed by atoms with Gasteiger partial charge in [-0.15, -0.1) is 24.0 Å². The van der Waals surface area contributed by atoms with E-state index in [1.807, 2.05) is 34.6 Å². The van der Waals surface area contributed by atoms with E-state index in [9.17, 15) is 4.79 Å². The SMILES string of the molecule is CCNC(=NCC(C)(C)OC)NCC(C)(C)C(=O)NC.I. The van der Waals surface area contributed by atoms with Crippen LogP contribution in [0.3, 0.4) is 0 Å². The zero-order valence-corrected chi connectivity index (χ0v) is 16.6. The van der Waals surface area contributed by atoms with E-state index in [0.29, 0.717) is 19.0 Å². The molecular formula is C14H31IN4O2. The molecule has 6 nitrogen and oxygen atoms in total. The van der Waals surface area contributed by atoms with Gasteiger partial charge in [0, 0.05) is 27.2 Å². The molecule has 0 heterocycles. The number of methoxy groups -OCH3 is 1. The third-order valence-electron chi connectivity index (χ3n) is 3.05. The molecule has 0 aliphatic heterocycles. The Morgan fingerprint density at radius 2 is 1.76 bits per heavy atom. The number of carbonyl (C=O) groups is 1. The van der Waals surface area contributed by atoms with Crippen LogP contribution in [0.1, 0.15) is 34.6 Å². The highest BCUT2D eigenvalue weighted by Crippen LogP contribution is 2.13. The lowest BCUT2D eigenvalue weighted by Gasteiger charge is -2.25. The molecule has 0 saturated heterocycles. The van der Waals surface area contributed by atoms with Crippen molar-refractivity contribution in [2.75, 3.05) is 33.8 Å². The molecule has 126 valence electrons. The van der Waals surface area contributed by atoms with E-state index in [-0.39, 0.29) is 35.5 Å². The van der Waals surface area contributed by atoms with E-state index < -0.39 is 5.41 Å². The topological polar surface area (TPSA) is 74.8 Å². The Morgan fingerprint density at radius 3 is 2.19 bits per heavy atom. The van der Waals surface area contributed by atoms with Crippen molar-refractivity contribution in [3.05, 3.63) is 0 Å². The molecular weight excluding hydrogens is 383 g/mol. The van der Waals surface area contributed by atoms with Gasteiger partial charge in [-0.05, 0) is 34.6 Å². The molecule has 0 aliphatic rings. The zero-order chi connectivity index (χ0) is 15.8. The molecule has 0 radical (unpaired) electrons. The van der Waals surface area contributed by atoms with Gasteiger partial charge < -0.3 is 20.7 Å². The van der Waals surface area contributed by atoms with Crippen molar-refractivity contribution in [3.63, 3.8) is 0 Å². The summed E-state index contributed by atoms with van der Waals surface area (Å²) in [7, 11) is 3.31. The molecule has 0 fully saturated rings. The van der Waals surface area contributed by atoms with Gasteiger partial charge in [-0.25, -0.2) is 0 Å². The summed E-state index contributed by atoms with van der Waals surface area (Å²) in [6, 6.07) is 0. The number of amides is 1. The first-order valence-electron chi connectivity index (χ1n) is 6.98. The summed E-state index contributed by atoms with van der Waals surface area (Å²) in [5.41, 5.74) is -0.805. The van der Waals surface area contributed by atoms with Crippen molar-refractivity contribution in [1.29, 1.82) is 0 Å². The Balaban J connectivity index is 0. The Bertz CT molecular complexity index is 344. The zero-order valence-electron chi connectivity index (χ0n) is 14.3. The van der Waals surface area contributed by atoms with Gasteiger partial charge in [0.2, 0.25) is 5.91 Å². The number of hydrogen-bond acceptors (Lipinski definition) is 3. The van der Waals surface area contributed by atoms with Gasteiger partial charge in [0.05, 0.1) is 17.6 Å². The van der Waals surface area contributed by atoms with Crippen molar-refractivity contribution < 1.29 is 9.53 Å². The summed E-state index contributed by atoms with van der Waals surface area (Å²) in [5.74, 6) is 0.688. The minimum absolute atomic E-state index is 0. The number of aliphatic imine (C=N–C) groups is 1. The first-order chi connectivity index (χ1) is 9.18. The van der Waals surface area contributed by atoms with Gasteiger partial charge >= 0.3 is 0 Å². The minimum Gasteiger partial charge on any atom is -0.377 e. The predicted molar refractivity (Wildman–Crippen MR) is 98.3 cm³/mol. The second kappa shape index (κ2) is 10.2. The van der Waals surface area contributed by atoms with E-state index in [1.165, 1.54) is 0 Å². The average molecular weight is 414 g/mol. The molecule has 0 rings (SSSR count). The number of guanidine groups is 1. The molecule has 0 aliphatic carbocycles. The first-order valence-corrected chi connectivity index (χ1v) is 6.98. The molecule has 0 atom stereocenters. The standard InChI is InChI=1S/C14H30N4O2.HI/c1-8-16-12(18-10-14(4,5)20-7)17-9-13(2,3)11(19)15-6;/h8-10H2,1-7H3,(H,15,19)(H2,16,17,18);1H. The van der Waals surface area contributed by atoms with Crippen LogP contribution in [0.2, 0.25) is 0 Å². The molecule has 0 unspecified atom stereocenters. The van der Waals surface area contributed by atoms with Crippen molar-refractivity contribution in [2.45, 2.75) is 40.2 Å². The van der Waals surface area contributed by atoms with Crippen molar-refractivity contribution in [3.8, 4) is 0 Å². The minimum atomic E-state index is -0.498. The molecule has 3 N–H and O–H groups in total. The van der Waals surface area contributed by atoms with Crippen LogP contribution >= 0.6 is 24.0 Å². The first kappa shape index (κ1) is 22.7. The Kier molecular flexibility index (Phi) is 11.0. The van der Waals surface area contributed by atoms with E-state index in [0.717, 1.165) is 6.54 Å². The number of carbonyl (C=O) groups excluding carboxylic acids is 1. The van der Waals surface area contributed by atoms with Crippen LogP contribution in [0.15, 0.2) is 4.99 Å². The van der Waals surface area contributed by atoms with Crippen LogP contribution < -0.4 is 16.0 Å². The van der Waals surface area contributed by atoms with Gasteiger partial charge in [-0.3, -0.25) is 9.79 Å². The third kappa shape index (κ3) is 9.13. The average Bonchev–Trinajstić information content (AvgIpc) is 2.41. The van der Waals surface area contributed by atoms with Crippen LogP contribution in [-0.2, 0) is 9.53 Å². The molecule has 0 aromatic carbocycles. The maximum atomic E-state index is 11.7. The van der Waals surface area contributed by atoms with Crippen LogP contribution in [0.25, 0.3) is 0 Å². The van der Waals surface area contributed by atoms with Gasteiger partial charge in [0.15, 0.2) is 5.96 Å². The third-order valence-corrected chi connectivity index (χ3v) is 3.05. The second-order valence-corrected chi connectivity index (χ2v) is 5.98. The van der Waals surface area contributed by atoms with E-state index in [2.05, 4.69) is 20.9 Å². The molecule has 0 aromatic rings. The van der Waals surface area contributed by atoms with Gasteiger partial charge in [-0.2, -0.15) is 0 Å². The molecule has 0 bridgehead atoms. The van der Waals surface area contributed by atoms with Gasteiger partial charge in [0.1, 0.15) is 0 Å². The van der Waals surface area contributed by atoms with Crippen molar-refractivity contribution >= 4 is 35.8 Å². The fraction of sp³-hybridized carbons (Fsp3) is 0.857. The lowest BCUT2D eigenvalue weighted by molar-refractivity contribution is -0.128. The van der Waals surface area contributed by atoms with Gasteiger partial charge in [-0.1, -0.05) is 0 Å². The second-order valence-electron chi connectivity index (χ2n) is 5.98. The van der Waals surface area contributed by atoms with Crippen molar-refractivity contribution in [1.82, 2.24) is 16.0 Å². The highest BCUT2D eigenvalue weighted by atomic mass is 127. The Morgan fingerprint density at radius 1 is 1.19 bits per heavy atom. The number of nitrogens with zero attached hydrogens (tertiary/aromatic N) is 1. The smallest absolute Gasteiger partial charge is 0.227 e. The maximum Gasteiger partial charge on any atom is 0.227 e. The van der Waals surface area contributed by atoms with E-state index in [4.69, 9.17) is 4.74 Å². The maximum absolute atomic E-state index is 11.7. The van der Waals surface area contributed by atoms with Crippen LogP contribution in [0, 0.1) is 5.41 Å². The molecule has 21 heavy (non-hydrogen) atoms. The van der Waals surface area contributed by atoms with Crippen LogP contribution in [-0.4, -0.2) is 51.3 Å². The lowest BCUT2D eigenvalue weighted by Crippen LogP contribution is -2.47. The van der Waals surface area contributed by atoms with Crippen molar-refractivity contribution in [2.24, 2.45) is 10.4 Å². The highest BCUT2D eigenvalue weighted by molar-refractivity contribution is 14.0. The fourth-order valence-electron chi connectivity index (χ4n) is 1.40. The normalized spacial score (nSPS) is 12.4. The van der Waals surface area contributed by atoms with Crippen LogP contribution in [0.4, 0.5) is 0 Å². The lowest BCUT2D eigenvalue weighted by atomic mass is 9.92. The number of rotatable bonds is 7. The molecule has 7 heteroatoms. The molecule has 1 amide bonds. The summed E-state index contributed by atoms with van der Waals surface area (Å²) in [4.78, 5) is 16.2. The predicted octanol–water partition coefficient (Wildman–Crippen LogP) is 1.36. The monoisotopic (exact) mass is 414 g/mol. The van der Waals surface area contributed by atoms with E-state index in [1.54, 1.807) is 14.2 Å². The number of hydrogen-bond donors (Lipinski definition) is 3. The molecule has 0 spiro atoms. The summed E-state index contributed by atoms with van der Waals surface area (Å²) in [6.07, 6.45) is 0. The van der Waals surface area contributed by atoms with Gasteiger partial charge in [0.25, 0.3) is 0 Å². The summed E-state index contributed by atoms with van der Waals surface area (Å²) in [5, 5.41) is 9.02.